The van der Waals surface area contributed by atoms with Gasteiger partial charge in [0.25, 0.3) is 0 Å². The summed E-state index contributed by atoms with van der Waals surface area (Å²) in [6, 6.07) is 0. The molecule has 0 heterocycles. The summed E-state index contributed by atoms with van der Waals surface area (Å²) in [5.74, 6) is 0. The van der Waals surface area contributed by atoms with E-state index in [4.69, 9.17) is 3.83 Å². The molecule has 7 heteroatoms. The molecule has 4 nitrogen and oxygen atoms in total. The first-order valence-electron chi connectivity index (χ1n) is 0.123. The zero-order valence-corrected chi connectivity index (χ0v) is 6.24. The van der Waals surface area contributed by atoms with Crippen LogP contribution in [0.1, 0.15) is 0 Å². The topological polar surface area (TPSA) is 103 Å². The fourth-order valence-corrected chi connectivity index (χ4v) is 0. The Hall–Kier alpha value is 1.26. The fraction of sp³-hybridized carbons (Fsp3) is 0. The second-order valence-corrected chi connectivity index (χ2v) is 0. The van der Waals surface area contributed by atoms with Crippen molar-refractivity contribution in [1.82, 2.24) is 0 Å². The maximum absolute atomic E-state index is 7.81. The van der Waals surface area contributed by atoms with Crippen LogP contribution in [-0.2, 0) is 70.9 Å². The Morgan fingerprint density at radius 1 is 0.714 bits per heavy atom. The Labute approximate surface area is 70.9 Å². The second-order valence-electron chi connectivity index (χ2n) is 0. The molecule has 0 unspecified atom stereocenters. The zero-order valence-electron chi connectivity index (χ0n) is 2.75. The van der Waals surface area contributed by atoms with Crippen molar-refractivity contribution in [2.75, 3.05) is 0 Å². The average Bonchev–Trinajstić information content (AvgIpc) is 1.00. The van der Waals surface area contributed by atoms with Gasteiger partial charge in [0.05, 0.1) is 0 Å². The van der Waals surface area contributed by atoms with Crippen molar-refractivity contribution in [1.29, 1.82) is 0 Å². The summed E-state index contributed by atoms with van der Waals surface area (Å²) in [7, 11) is 0. The van der Waals surface area contributed by atoms with Crippen LogP contribution in [0, 0.1) is 0 Å². The molecule has 47 valence electrons. The van der Waals surface area contributed by atoms with Gasteiger partial charge in [-0.2, -0.15) is 0 Å². The van der Waals surface area contributed by atoms with Crippen LogP contribution in [-0.4, -0.2) is 0 Å². The fourth-order valence-electron chi connectivity index (χ4n) is 0. The first-order valence-corrected chi connectivity index (χ1v) is 0.508. The molecule has 0 aromatic carbocycles. The van der Waals surface area contributed by atoms with Gasteiger partial charge in [-0.3, -0.25) is 0 Å². The predicted octanol–water partition coefficient (Wildman–Crippen LogP) is -0.483. The SMILES string of the molecule is [Cr+3].[Cr+3].[O-2].[O-2].[O-2].[O]=[Cu]. The number of hydrogen-bond donors (Lipinski definition) is 0. The van der Waals surface area contributed by atoms with Gasteiger partial charge in [-0.1, -0.05) is 0 Å². The van der Waals surface area contributed by atoms with E-state index in [-0.39, 0.29) is 51.2 Å². The second kappa shape index (κ2) is 178. The molecule has 0 aromatic rings. The molecule has 0 saturated heterocycles. The van der Waals surface area contributed by atoms with Gasteiger partial charge in [0.15, 0.2) is 0 Å². The van der Waals surface area contributed by atoms with Crippen molar-refractivity contribution in [2.24, 2.45) is 0 Å². The molecule has 0 aliphatic carbocycles. The Bertz CT molecular complexity index is 9.65. The van der Waals surface area contributed by atoms with Gasteiger partial charge in [0, 0.05) is 0 Å². The van der Waals surface area contributed by atoms with Crippen LogP contribution in [0.3, 0.4) is 0 Å². The van der Waals surface area contributed by atoms with Crippen molar-refractivity contribution in [3.05, 3.63) is 0 Å². The molecule has 0 N–H and O–H groups in total. The van der Waals surface area contributed by atoms with Crippen LogP contribution >= 0.6 is 0 Å². The predicted molar refractivity (Wildman–Crippen MR) is 2.75 cm³/mol. The standard InChI is InChI=1S/2Cr.Cu.4O/q2*+3;;;3*-2. The van der Waals surface area contributed by atoms with Gasteiger partial charge in [-0.05, 0) is 0 Å². The summed E-state index contributed by atoms with van der Waals surface area (Å²) >= 11 is 2.94. The number of rotatable bonds is 0. The van der Waals surface area contributed by atoms with Crippen LogP contribution in [0.5, 0.6) is 0 Å². The third kappa shape index (κ3) is 126. The summed E-state index contributed by atoms with van der Waals surface area (Å²) in [5.41, 5.74) is 0. The van der Waals surface area contributed by atoms with Gasteiger partial charge < -0.3 is 16.4 Å². The minimum absolute atomic E-state index is 0. The molecule has 0 aromatic heterocycles. The van der Waals surface area contributed by atoms with Crippen LogP contribution in [0.15, 0.2) is 0 Å². The first kappa shape index (κ1) is 85.1. The van der Waals surface area contributed by atoms with Crippen molar-refractivity contribution >= 4 is 0 Å². The molecule has 0 aliphatic heterocycles. The Balaban J connectivity index is -0.000000000500. The van der Waals surface area contributed by atoms with E-state index < -0.39 is 0 Å². The molecular formula is Cr2CuO4. The molecular weight excluding hydrogens is 232 g/mol. The third-order valence-corrected chi connectivity index (χ3v) is 0. The molecule has 0 aliphatic rings. The van der Waals surface area contributed by atoms with E-state index in [2.05, 4.69) is 15.9 Å². The van der Waals surface area contributed by atoms with Crippen LogP contribution in [0.25, 0.3) is 0 Å². The molecule has 0 rings (SSSR count). The normalized spacial score (nSPS) is 0.857. The van der Waals surface area contributed by atoms with Gasteiger partial charge >= 0.3 is 54.5 Å². The Morgan fingerprint density at radius 3 is 0.714 bits per heavy atom. The summed E-state index contributed by atoms with van der Waals surface area (Å²) in [4.78, 5) is 0. The minimum atomic E-state index is 0. The molecule has 0 spiro atoms. The van der Waals surface area contributed by atoms with Crippen LogP contribution < -0.4 is 0 Å². The van der Waals surface area contributed by atoms with E-state index in [1.807, 2.05) is 0 Å². The third-order valence-electron chi connectivity index (χ3n) is 0. The average molecular weight is 232 g/mol. The summed E-state index contributed by atoms with van der Waals surface area (Å²) in [6.07, 6.45) is 0. The van der Waals surface area contributed by atoms with Crippen LogP contribution in [0.2, 0.25) is 0 Å². The van der Waals surface area contributed by atoms with Crippen LogP contribution in [0.4, 0.5) is 0 Å². The summed E-state index contributed by atoms with van der Waals surface area (Å²) < 4.78 is 7.81. The van der Waals surface area contributed by atoms with E-state index >= 15 is 0 Å². The molecule has 2 radical (unpaired) electrons. The zero-order chi connectivity index (χ0) is 2.00. The molecule has 0 fully saturated rings. The van der Waals surface area contributed by atoms with E-state index in [0.717, 1.165) is 0 Å². The molecule has 7 heavy (non-hydrogen) atoms. The van der Waals surface area contributed by atoms with E-state index in [1.165, 1.54) is 0 Å². The van der Waals surface area contributed by atoms with Gasteiger partial charge in [0.2, 0.25) is 0 Å². The Kier molecular flexibility index (Phi) is 2170. The summed E-state index contributed by atoms with van der Waals surface area (Å²) in [6.45, 7) is 0. The quantitative estimate of drug-likeness (QED) is 0.516. The van der Waals surface area contributed by atoms with Crippen molar-refractivity contribution in [3.8, 4) is 0 Å². The number of hydrogen-bond acceptors (Lipinski definition) is 1. The van der Waals surface area contributed by atoms with E-state index in [0.29, 0.717) is 0 Å². The monoisotopic (exact) mass is 231 g/mol. The molecule has 0 amide bonds. The Morgan fingerprint density at radius 2 is 0.714 bits per heavy atom. The van der Waals surface area contributed by atoms with Gasteiger partial charge in [0.1, 0.15) is 0 Å². The molecule has 0 saturated carbocycles. The van der Waals surface area contributed by atoms with Gasteiger partial charge in [-0.15, -0.1) is 0 Å². The van der Waals surface area contributed by atoms with Gasteiger partial charge in [-0.25, -0.2) is 0 Å². The van der Waals surface area contributed by atoms with E-state index in [1.54, 1.807) is 0 Å². The maximum atomic E-state index is 7.81. The molecule has 0 atom stereocenters. The van der Waals surface area contributed by atoms with Crippen molar-refractivity contribution in [3.63, 3.8) is 0 Å². The molecule has 0 bridgehead atoms. The summed E-state index contributed by atoms with van der Waals surface area (Å²) in [5, 5.41) is 0. The van der Waals surface area contributed by atoms with E-state index in [9.17, 15) is 0 Å². The van der Waals surface area contributed by atoms with Crippen molar-refractivity contribution in [2.45, 2.75) is 0 Å². The first-order chi connectivity index (χ1) is 1.00. The van der Waals surface area contributed by atoms with Crippen molar-refractivity contribution < 1.29 is 70.9 Å².